The van der Waals surface area contributed by atoms with Crippen molar-refractivity contribution in [2.24, 2.45) is 0 Å². The van der Waals surface area contributed by atoms with Crippen LogP contribution in [0.25, 0.3) is 16.8 Å². The van der Waals surface area contributed by atoms with Gasteiger partial charge in [0.15, 0.2) is 5.82 Å². The van der Waals surface area contributed by atoms with Crippen molar-refractivity contribution in [3.63, 3.8) is 0 Å². The standard InChI is InChI=1S/C21H18IN7O/c1-12-26-27-21-16(22)11-28(15-4-6-19(23)24-10-15)18-8-13(2-5-17(18)29(12)21)14-3-7-20(30)25-9-14/h2-10,16H,11H2,1H3,(H2,23,24)(H,25,30)/t16-/m1/s1. The molecule has 0 unspecified atom stereocenters. The van der Waals surface area contributed by atoms with Crippen LogP contribution in [0.1, 0.15) is 15.6 Å². The first-order valence-corrected chi connectivity index (χ1v) is 10.6. The van der Waals surface area contributed by atoms with Gasteiger partial charge in [-0.25, -0.2) is 4.98 Å². The van der Waals surface area contributed by atoms with Crippen LogP contribution in [0, 0.1) is 6.92 Å². The quantitative estimate of drug-likeness (QED) is 0.315. The summed E-state index contributed by atoms with van der Waals surface area (Å²) in [5, 5.41) is 8.74. The molecule has 3 aromatic heterocycles. The highest BCUT2D eigenvalue weighted by molar-refractivity contribution is 14.1. The number of anilines is 3. The van der Waals surface area contributed by atoms with Crippen molar-refractivity contribution < 1.29 is 0 Å². The Hall–Kier alpha value is -3.21. The minimum Gasteiger partial charge on any atom is -0.384 e. The number of nitrogens with one attached hydrogen (secondary N) is 1. The summed E-state index contributed by atoms with van der Waals surface area (Å²) in [4.78, 5) is 20.7. The number of hydrogen-bond acceptors (Lipinski definition) is 6. The van der Waals surface area contributed by atoms with Gasteiger partial charge in [0.1, 0.15) is 11.6 Å². The Morgan fingerprint density at radius 2 is 1.93 bits per heavy atom. The number of nitrogen functional groups attached to an aromatic ring is 1. The number of alkyl halides is 1. The van der Waals surface area contributed by atoms with Gasteiger partial charge in [0.05, 0.1) is 27.2 Å². The van der Waals surface area contributed by atoms with E-state index in [0.717, 1.165) is 39.8 Å². The zero-order chi connectivity index (χ0) is 20.8. The van der Waals surface area contributed by atoms with Crippen molar-refractivity contribution in [1.29, 1.82) is 0 Å². The number of fused-ring (bicyclic) bond motifs is 3. The highest BCUT2D eigenvalue weighted by Crippen LogP contribution is 2.41. The third-order valence-corrected chi connectivity index (χ3v) is 6.13. The fourth-order valence-corrected chi connectivity index (χ4v) is 4.52. The Kier molecular flexibility index (Phi) is 4.54. The van der Waals surface area contributed by atoms with Gasteiger partial charge in [0, 0.05) is 18.8 Å². The summed E-state index contributed by atoms with van der Waals surface area (Å²) in [5.74, 6) is 2.23. The van der Waals surface area contributed by atoms with Crippen LogP contribution in [0.3, 0.4) is 0 Å². The van der Waals surface area contributed by atoms with E-state index < -0.39 is 0 Å². The monoisotopic (exact) mass is 511 g/mol. The lowest BCUT2D eigenvalue weighted by atomic mass is 10.1. The Balaban J connectivity index is 1.74. The smallest absolute Gasteiger partial charge is 0.247 e. The molecule has 30 heavy (non-hydrogen) atoms. The maximum absolute atomic E-state index is 11.5. The molecule has 1 aromatic carbocycles. The number of nitrogens with two attached hydrogens (primary N) is 1. The van der Waals surface area contributed by atoms with E-state index in [1.54, 1.807) is 18.5 Å². The number of benzene rings is 1. The number of aromatic amines is 1. The normalized spacial score (nSPS) is 15.4. The zero-order valence-corrected chi connectivity index (χ0v) is 18.2. The zero-order valence-electron chi connectivity index (χ0n) is 16.1. The molecule has 0 fully saturated rings. The molecule has 9 heteroatoms. The molecule has 0 saturated carbocycles. The van der Waals surface area contributed by atoms with E-state index >= 15 is 0 Å². The van der Waals surface area contributed by atoms with Crippen molar-refractivity contribution in [2.75, 3.05) is 17.2 Å². The number of pyridine rings is 2. The van der Waals surface area contributed by atoms with E-state index in [9.17, 15) is 4.79 Å². The fraction of sp³-hybridized carbons (Fsp3) is 0.143. The predicted molar refractivity (Wildman–Crippen MR) is 125 cm³/mol. The lowest BCUT2D eigenvalue weighted by molar-refractivity contribution is 0.841. The molecule has 3 N–H and O–H groups in total. The van der Waals surface area contributed by atoms with E-state index in [-0.39, 0.29) is 9.48 Å². The molecule has 1 aliphatic rings. The summed E-state index contributed by atoms with van der Waals surface area (Å²) in [5.41, 5.74) is 10.6. The molecule has 4 heterocycles. The second kappa shape index (κ2) is 7.24. The Bertz CT molecular complexity index is 1280. The summed E-state index contributed by atoms with van der Waals surface area (Å²) in [7, 11) is 0. The van der Waals surface area contributed by atoms with Crippen molar-refractivity contribution in [3.05, 3.63) is 76.9 Å². The molecule has 150 valence electrons. The lowest BCUT2D eigenvalue weighted by Gasteiger charge is -2.26. The third-order valence-electron chi connectivity index (χ3n) is 5.18. The van der Waals surface area contributed by atoms with Gasteiger partial charge in [-0.2, -0.15) is 0 Å². The molecule has 0 spiro atoms. The van der Waals surface area contributed by atoms with Gasteiger partial charge >= 0.3 is 0 Å². The SMILES string of the molecule is Cc1nnc2n1-c1ccc(-c3ccc(=O)[nH]c3)cc1N(c1ccc(N)nc1)C[C@H]2I. The minimum absolute atomic E-state index is 0.116. The number of H-pyrrole nitrogens is 1. The van der Waals surface area contributed by atoms with Crippen LogP contribution in [-0.2, 0) is 0 Å². The lowest BCUT2D eigenvalue weighted by Crippen LogP contribution is -2.21. The first kappa shape index (κ1) is 18.8. The van der Waals surface area contributed by atoms with Gasteiger partial charge in [-0.15, -0.1) is 10.2 Å². The van der Waals surface area contributed by atoms with Crippen LogP contribution in [0.5, 0.6) is 0 Å². The Labute approximate surface area is 185 Å². The third kappa shape index (κ3) is 3.15. The van der Waals surface area contributed by atoms with Gasteiger partial charge in [0.25, 0.3) is 0 Å². The molecule has 0 aliphatic carbocycles. The van der Waals surface area contributed by atoms with E-state index in [1.165, 1.54) is 6.07 Å². The molecule has 1 aliphatic heterocycles. The Morgan fingerprint density at radius 1 is 1.10 bits per heavy atom. The molecular formula is C21H18IN7O. The van der Waals surface area contributed by atoms with Crippen molar-refractivity contribution in [1.82, 2.24) is 24.7 Å². The summed E-state index contributed by atoms with van der Waals surface area (Å²) < 4.78 is 2.22. The number of rotatable bonds is 2. The number of aryl methyl sites for hydroxylation is 1. The fourth-order valence-electron chi connectivity index (χ4n) is 3.72. The van der Waals surface area contributed by atoms with E-state index in [1.807, 2.05) is 25.1 Å². The number of nitrogens with zero attached hydrogens (tertiary/aromatic N) is 5. The van der Waals surface area contributed by atoms with E-state index in [0.29, 0.717) is 12.4 Å². The molecule has 0 radical (unpaired) electrons. The molecule has 0 bridgehead atoms. The van der Waals surface area contributed by atoms with Crippen molar-refractivity contribution >= 4 is 39.8 Å². The maximum atomic E-state index is 11.5. The number of halogens is 1. The van der Waals surface area contributed by atoms with E-state index in [2.05, 4.69) is 64.4 Å². The van der Waals surface area contributed by atoms with Gasteiger partial charge in [-0.1, -0.05) is 28.7 Å². The van der Waals surface area contributed by atoms with Crippen LogP contribution in [0.4, 0.5) is 17.2 Å². The molecule has 0 amide bonds. The van der Waals surface area contributed by atoms with Gasteiger partial charge in [-0.05, 0) is 48.4 Å². The van der Waals surface area contributed by atoms with Crippen molar-refractivity contribution in [3.8, 4) is 16.8 Å². The largest absolute Gasteiger partial charge is 0.384 e. The minimum atomic E-state index is -0.124. The summed E-state index contributed by atoms with van der Waals surface area (Å²) in [6.07, 6.45) is 3.51. The number of aromatic nitrogens is 5. The topological polar surface area (TPSA) is 106 Å². The van der Waals surface area contributed by atoms with Gasteiger partial charge < -0.3 is 15.6 Å². The number of hydrogen-bond donors (Lipinski definition) is 2. The highest BCUT2D eigenvalue weighted by atomic mass is 127. The van der Waals surface area contributed by atoms with Gasteiger partial charge in [-0.3, -0.25) is 9.36 Å². The summed E-state index contributed by atoms with van der Waals surface area (Å²) in [6, 6.07) is 13.4. The van der Waals surface area contributed by atoms with Crippen LogP contribution < -0.4 is 16.2 Å². The molecular weight excluding hydrogens is 493 g/mol. The predicted octanol–water partition coefficient (Wildman–Crippen LogP) is 3.54. The molecule has 8 nitrogen and oxygen atoms in total. The first-order chi connectivity index (χ1) is 14.5. The average Bonchev–Trinajstić information content (AvgIpc) is 3.08. The molecule has 0 saturated heterocycles. The maximum Gasteiger partial charge on any atom is 0.247 e. The van der Waals surface area contributed by atoms with Crippen LogP contribution in [-0.4, -0.2) is 31.3 Å². The first-order valence-electron chi connectivity index (χ1n) is 9.40. The highest BCUT2D eigenvalue weighted by Gasteiger charge is 2.29. The second-order valence-corrected chi connectivity index (χ2v) is 8.61. The molecule has 5 rings (SSSR count). The van der Waals surface area contributed by atoms with Crippen molar-refractivity contribution in [2.45, 2.75) is 10.8 Å². The molecule has 1 atom stereocenters. The summed E-state index contributed by atoms with van der Waals surface area (Å²) >= 11 is 2.41. The van der Waals surface area contributed by atoms with Crippen LogP contribution >= 0.6 is 22.6 Å². The van der Waals surface area contributed by atoms with E-state index in [4.69, 9.17) is 5.73 Å². The molecule has 4 aromatic rings. The Morgan fingerprint density at radius 3 is 2.67 bits per heavy atom. The van der Waals surface area contributed by atoms with Gasteiger partial charge in [0.2, 0.25) is 5.56 Å². The second-order valence-electron chi connectivity index (χ2n) is 7.11. The summed E-state index contributed by atoms with van der Waals surface area (Å²) in [6.45, 7) is 2.66. The van der Waals surface area contributed by atoms with Crippen LogP contribution in [0.2, 0.25) is 0 Å². The van der Waals surface area contributed by atoms with Crippen LogP contribution in [0.15, 0.2) is 59.7 Å². The average molecular weight is 511 g/mol.